The zero-order valence-corrected chi connectivity index (χ0v) is 14.2. The fourth-order valence-electron chi connectivity index (χ4n) is 2.73. The van der Waals surface area contributed by atoms with Gasteiger partial charge in [0.05, 0.1) is 19.3 Å². The molecule has 1 aliphatic heterocycles. The van der Waals surface area contributed by atoms with Gasteiger partial charge in [-0.2, -0.15) is 0 Å². The number of amides is 1. The van der Waals surface area contributed by atoms with Crippen LogP contribution in [0.15, 0.2) is 47.4 Å². The standard InChI is InChI=1S/C18H19NO3S/c1-12-18(20)19(14-8-4-5-10-16(14)23-3)11-13-7-6-9-15(21-2)17(13)22-12/h4-10,12H,11H2,1-3H3/t12-/m0/s1. The van der Waals surface area contributed by atoms with Crippen molar-refractivity contribution in [1.82, 2.24) is 0 Å². The second-order valence-corrected chi connectivity index (χ2v) is 6.15. The molecule has 0 unspecified atom stereocenters. The number of nitrogens with zero attached hydrogens (tertiary/aromatic N) is 1. The van der Waals surface area contributed by atoms with E-state index in [9.17, 15) is 4.79 Å². The van der Waals surface area contributed by atoms with E-state index in [4.69, 9.17) is 9.47 Å². The number of rotatable bonds is 3. The third kappa shape index (κ3) is 2.88. The number of ether oxygens (including phenoxy) is 2. The van der Waals surface area contributed by atoms with Crippen molar-refractivity contribution in [2.45, 2.75) is 24.5 Å². The van der Waals surface area contributed by atoms with Crippen molar-refractivity contribution < 1.29 is 14.3 Å². The van der Waals surface area contributed by atoms with Crippen molar-refractivity contribution in [2.24, 2.45) is 0 Å². The first-order valence-electron chi connectivity index (χ1n) is 7.42. The molecule has 0 spiro atoms. The summed E-state index contributed by atoms with van der Waals surface area (Å²) >= 11 is 1.63. The molecular formula is C18H19NO3S. The molecule has 1 atom stereocenters. The summed E-state index contributed by atoms with van der Waals surface area (Å²) in [6, 6.07) is 13.7. The number of anilines is 1. The van der Waals surface area contributed by atoms with Gasteiger partial charge in [0.1, 0.15) is 0 Å². The van der Waals surface area contributed by atoms with E-state index in [1.807, 2.05) is 48.7 Å². The number of benzene rings is 2. The minimum Gasteiger partial charge on any atom is -0.493 e. The summed E-state index contributed by atoms with van der Waals surface area (Å²) in [5.41, 5.74) is 1.86. The normalized spacial score (nSPS) is 17.3. The molecule has 2 aromatic carbocycles. The van der Waals surface area contributed by atoms with Crippen molar-refractivity contribution in [1.29, 1.82) is 0 Å². The monoisotopic (exact) mass is 329 g/mol. The molecule has 0 N–H and O–H groups in total. The highest BCUT2D eigenvalue weighted by molar-refractivity contribution is 7.98. The second kappa shape index (κ2) is 6.54. The molecule has 0 saturated heterocycles. The summed E-state index contributed by atoms with van der Waals surface area (Å²) in [4.78, 5) is 15.7. The molecule has 120 valence electrons. The van der Waals surface area contributed by atoms with Gasteiger partial charge in [-0.1, -0.05) is 24.3 Å². The highest BCUT2D eigenvalue weighted by Crippen LogP contribution is 2.38. The molecule has 23 heavy (non-hydrogen) atoms. The Balaban J connectivity index is 2.09. The average molecular weight is 329 g/mol. The van der Waals surface area contributed by atoms with Crippen LogP contribution >= 0.6 is 11.8 Å². The highest BCUT2D eigenvalue weighted by atomic mass is 32.2. The minimum atomic E-state index is -0.567. The first kappa shape index (κ1) is 15.7. The Morgan fingerprint density at radius 2 is 2.00 bits per heavy atom. The zero-order chi connectivity index (χ0) is 16.4. The molecule has 5 heteroatoms. The number of carbonyl (C=O) groups is 1. The van der Waals surface area contributed by atoms with Gasteiger partial charge < -0.3 is 14.4 Å². The fraction of sp³-hybridized carbons (Fsp3) is 0.278. The Bertz CT molecular complexity index is 732. The SMILES string of the molecule is COc1cccc2c1O[C@@H](C)C(=O)N(c1ccccc1SC)C2. The molecule has 0 radical (unpaired) electrons. The van der Waals surface area contributed by atoms with Gasteiger partial charge in [0, 0.05) is 10.5 Å². The average Bonchev–Trinajstić information content (AvgIpc) is 2.71. The Morgan fingerprint density at radius 1 is 1.22 bits per heavy atom. The van der Waals surface area contributed by atoms with Gasteiger partial charge in [-0.3, -0.25) is 4.79 Å². The van der Waals surface area contributed by atoms with Crippen molar-refractivity contribution in [3.8, 4) is 11.5 Å². The topological polar surface area (TPSA) is 38.8 Å². The summed E-state index contributed by atoms with van der Waals surface area (Å²) in [7, 11) is 1.61. The van der Waals surface area contributed by atoms with Crippen LogP contribution in [0, 0.1) is 0 Å². The lowest BCUT2D eigenvalue weighted by Crippen LogP contribution is -2.38. The van der Waals surface area contributed by atoms with Gasteiger partial charge in [-0.15, -0.1) is 11.8 Å². The van der Waals surface area contributed by atoms with E-state index in [0.29, 0.717) is 18.0 Å². The molecule has 0 bridgehead atoms. The van der Waals surface area contributed by atoms with Gasteiger partial charge in [0.25, 0.3) is 5.91 Å². The van der Waals surface area contributed by atoms with E-state index < -0.39 is 6.10 Å². The predicted molar refractivity (Wildman–Crippen MR) is 92.5 cm³/mol. The van der Waals surface area contributed by atoms with Crippen LogP contribution in [0.1, 0.15) is 12.5 Å². The molecule has 0 aliphatic carbocycles. The third-order valence-electron chi connectivity index (χ3n) is 3.89. The van der Waals surface area contributed by atoms with Crippen LogP contribution in [-0.2, 0) is 11.3 Å². The number of hydrogen-bond acceptors (Lipinski definition) is 4. The predicted octanol–water partition coefficient (Wildman–Crippen LogP) is 3.73. The van der Waals surface area contributed by atoms with Crippen LogP contribution in [0.2, 0.25) is 0 Å². The van der Waals surface area contributed by atoms with Crippen molar-refractivity contribution >= 4 is 23.4 Å². The largest absolute Gasteiger partial charge is 0.493 e. The van der Waals surface area contributed by atoms with Gasteiger partial charge >= 0.3 is 0 Å². The van der Waals surface area contributed by atoms with Gasteiger partial charge in [0.2, 0.25) is 0 Å². The summed E-state index contributed by atoms with van der Waals surface area (Å²) in [6.45, 7) is 2.24. The van der Waals surface area contributed by atoms with Gasteiger partial charge in [-0.25, -0.2) is 0 Å². The molecule has 0 saturated carbocycles. The number of thioether (sulfide) groups is 1. The summed E-state index contributed by atoms with van der Waals surface area (Å²) in [6.07, 6.45) is 1.44. The maximum Gasteiger partial charge on any atom is 0.268 e. The maximum atomic E-state index is 12.8. The quantitative estimate of drug-likeness (QED) is 0.804. The molecule has 0 aromatic heterocycles. The Morgan fingerprint density at radius 3 is 2.74 bits per heavy atom. The van der Waals surface area contributed by atoms with Crippen molar-refractivity contribution in [3.63, 3.8) is 0 Å². The van der Waals surface area contributed by atoms with E-state index in [0.717, 1.165) is 16.1 Å². The smallest absolute Gasteiger partial charge is 0.268 e. The van der Waals surface area contributed by atoms with E-state index >= 15 is 0 Å². The Kier molecular flexibility index (Phi) is 4.48. The number of carbonyl (C=O) groups excluding carboxylic acids is 1. The van der Waals surface area contributed by atoms with Crippen molar-refractivity contribution in [2.75, 3.05) is 18.3 Å². The first-order chi connectivity index (χ1) is 11.2. The number of methoxy groups -OCH3 is 1. The fourth-order valence-corrected chi connectivity index (χ4v) is 3.33. The van der Waals surface area contributed by atoms with Crippen LogP contribution in [0.25, 0.3) is 0 Å². The molecular weight excluding hydrogens is 310 g/mol. The van der Waals surface area contributed by atoms with Gasteiger partial charge in [0.15, 0.2) is 17.6 Å². The summed E-state index contributed by atoms with van der Waals surface area (Å²) < 4.78 is 11.3. The molecule has 1 aliphatic rings. The number of para-hydroxylation sites is 2. The molecule has 1 amide bonds. The summed E-state index contributed by atoms with van der Waals surface area (Å²) in [5, 5.41) is 0. The molecule has 3 rings (SSSR count). The molecule has 1 heterocycles. The molecule has 4 nitrogen and oxygen atoms in total. The maximum absolute atomic E-state index is 12.8. The number of fused-ring (bicyclic) bond motifs is 1. The molecule has 2 aromatic rings. The van der Waals surface area contributed by atoms with Crippen LogP contribution in [-0.4, -0.2) is 25.4 Å². The van der Waals surface area contributed by atoms with Crippen LogP contribution in [0.3, 0.4) is 0 Å². The number of hydrogen-bond donors (Lipinski definition) is 0. The molecule has 0 fully saturated rings. The van der Waals surface area contributed by atoms with E-state index in [1.165, 1.54) is 0 Å². The zero-order valence-electron chi connectivity index (χ0n) is 13.4. The lowest BCUT2D eigenvalue weighted by atomic mass is 10.1. The first-order valence-corrected chi connectivity index (χ1v) is 8.65. The Labute approximate surface area is 140 Å². The van der Waals surface area contributed by atoms with Crippen LogP contribution in [0.4, 0.5) is 5.69 Å². The lowest BCUT2D eigenvalue weighted by molar-refractivity contribution is -0.124. The van der Waals surface area contributed by atoms with Crippen molar-refractivity contribution in [3.05, 3.63) is 48.0 Å². The summed E-state index contributed by atoms with van der Waals surface area (Å²) in [5.74, 6) is 1.26. The third-order valence-corrected chi connectivity index (χ3v) is 4.68. The van der Waals surface area contributed by atoms with E-state index in [2.05, 4.69) is 0 Å². The van der Waals surface area contributed by atoms with Gasteiger partial charge in [-0.05, 0) is 31.4 Å². The Hall–Kier alpha value is -2.14. The second-order valence-electron chi connectivity index (χ2n) is 5.30. The highest BCUT2D eigenvalue weighted by Gasteiger charge is 2.31. The lowest BCUT2D eigenvalue weighted by Gasteiger charge is -2.24. The van der Waals surface area contributed by atoms with E-state index in [1.54, 1.807) is 30.7 Å². The van der Waals surface area contributed by atoms with Crippen LogP contribution in [0.5, 0.6) is 11.5 Å². The van der Waals surface area contributed by atoms with Crippen LogP contribution < -0.4 is 14.4 Å². The van der Waals surface area contributed by atoms with E-state index in [-0.39, 0.29) is 5.91 Å². The minimum absolute atomic E-state index is 0.0512.